The molecule has 2 atom stereocenters. The minimum atomic E-state index is -1.38. The van der Waals surface area contributed by atoms with Crippen LogP contribution in [0.2, 0.25) is 5.02 Å². The van der Waals surface area contributed by atoms with Crippen LogP contribution in [0.3, 0.4) is 0 Å². The molecule has 1 heterocycles. The van der Waals surface area contributed by atoms with E-state index in [0.717, 1.165) is 16.7 Å². The SMILES string of the molecule is O=C(N[C@]1(Cc2ccccc2)C(=O)Oc2ccccc2[C@@H]1c1ccc(Cl)cc1)c1ccccc1. The van der Waals surface area contributed by atoms with Crippen LogP contribution >= 0.6 is 11.6 Å². The summed E-state index contributed by atoms with van der Waals surface area (Å²) in [4.78, 5) is 27.3. The number of nitrogens with one attached hydrogen (secondary N) is 1. The van der Waals surface area contributed by atoms with Gasteiger partial charge >= 0.3 is 5.97 Å². The number of amides is 1. The zero-order chi connectivity index (χ0) is 23.5. The van der Waals surface area contributed by atoms with Crippen molar-refractivity contribution in [2.45, 2.75) is 17.9 Å². The lowest BCUT2D eigenvalue weighted by Crippen LogP contribution is -2.63. The van der Waals surface area contributed by atoms with Crippen molar-refractivity contribution in [2.24, 2.45) is 0 Å². The summed E-state index contributed by atoms with van der Waals surface area (Å²) in [6.07, 6.45) is 0.257. The van der Waals surface area contributed by atoms with Gasteiger partial charge in [-0.15, -0.1) is 0 Å². The number of carbonyl (C=O) groups excluding carboxylic acids is 2. The van der Waals surface area contributed by atoms with E-state index < -0.39 is 17.4 Å². The molecule has 0 saturated heterocycles. The first-order chi connectivity index (χ1) is 16.6. The predicted molar refractivity (Wildman–Crippen MR) is 132 cm³/mol. The molecular weight excluding hydrogens is 446 g/mol. The summed E-state index contributed by atoms with van der Waals surface area (Å²) in [5.41, 5.74) is 1.69. The van der Waals surface area contributed by atoms with Gasteiger partial charge in [0.25, 0.3) is 5.91 Å². The van der Waals surface area contributed by atoms with E-state index in [0.29, 0.717) is 16.3 Å². The van der Waals surface area contributed by atoms with Crippen LogP contribution in [0.15, 0.2) is 109 Å². The first kappa shape index (κ1) is 21.9. The van der Waals surface area contributed by atoms with Crippen molar-refractivity contribution in [1.29, 1.82) is 0 Å². The second-order valence-corrected chi connectivity index (χ2v) is 8.80. The van der Waals surface area contributed by atoms with Gasteiger partial charge in [-0.05, 0) is 41.5 Å². The Balaban J connectivity index is 1.71. The van der Waals surface area contributed by atoms with Gasteiger partial charge in [0.05, 0.1) is 0 Å². The molecule has 1 N–H and O–H groups in total. The van der Waals surface area contributed by atoms with Crippen molar-refractivity contribution in [3.8, 4) is 5.75 Å². The lowest BCUT2D eigenvalue weighted by molar-refractivity contribution is -0.143. The van der Waals surface area contributed by atoms with E-state index in [4.69, 9.17) is 16.3 Å². The summed E-state index contributed by atoms with van der Waals surface area (Å²) in [7, 11) is 0. The summed E-state index contributed by atoms with van der Waals surface area (Å²) in [6.45, 7) is 0. The summed E-state index contributed by atoms with van der Waals surface area (Å²) in [6, 6.07) is 33.4. The zero-order valence-electron chi connectivity index (χ0n) is 18.3. The van der Waals surface area contributed by atoms with Gasteiger partial charge in [0.15, 0.2) is 5.54 Å². The highest BCUT2D eigenvalue weighted by Crippen LogP contribution is 2.46. The van der Waals surface area contributed by atoms with Gasteiger partial charge in [0.2, 0.25) is 0 Å². The Hall–Kier alpha value is -3.89. The van der Waals surface area contributed by atoms with Crippen LogP contribution in [0, 0.1) is 0 Å². The molecule has 1 amide bonds. The Morgan fingerprint density at radius 2 is 1.44 bits per heavy atom. The molecule has 0 aromatic heterocycles. The smallest absolute Gasteiger partial charge is 0.338 e. The fourth-order valence-electron chi connectivity index (χ4n) is 4.63. The molecule has 5 rings (SSSR count). The molecule has 1 aliphatic rings. The molecular formula is C29H22ClNO3. The Morgan fingerprint density at radius 3 is 2.15 bits per heavy atom. The molecule has 34 heavy (non-hydrogen) atoms. The molecule has 5 heteroatoms. The van der Waals surface area contributed by atoms with E-state index in [-0.39, 0.29) is 12.3 Å². The van der Waals surface area contributed by atoms with Crippen LogP contribution in [-0.4, -0.2) is 17.4 Å². The molecule has 0 unspecified atom stereocenters. The number of benzene rings is 4. The number of hydrogen-bond acceptors (Lipinski definition) is 3. The molecule has 1 aliphatic heterocycles. The molecule has 4 aromatic carbocycles. The van der Waals surface area contributed by atoms with Crippen molar-refractivity contribution < 1.29 is 14.3 Å². The Kier molecular flexibility index (Phi) is 5.91. The Bertz CT molecular complexity index is 1320. The number of rotatable bonds is 5. The quantitative estimate of drug-likeness (QED) is 0.298. The first-order valence-electron chi connectivity index (χ1n) is 11.0. The van der Waals surface area contributed by atoms with Crippen molar-refractivity contribution in [2.75, 3.05) is 0 Å². The lowest BCUT2D eigenvalue weighted by atomic mass is 9.70. The number of halogens is 1. The first-order valence-corrected chi connectivity index (χ1v) is 11.4. The van der Waals surface area contributed by atoms with Gasteiger partial charge in [0.1, 0.15) is 5.75 Å². The molecule has 0 bridgehead atoms. The van der Waals surface area contributed by atoms with Crippen LogP contribution in [0.1, 0.15) is 33.0 Å². The van der Waals surface area contributed by atoms with Gasteiger partial charge in [-0.25, -0.2) is 4.79 Å². The third-order valence-electron chi connectivity index (χ3n) is 6.19. The Morgan fingerprint density at radius 1 is 0.824 bits per heavy atom. The topological polar surface area (TPSA) is 55.4 Å². The van der Waals surface area contributed by atoms with E-state index in [9.17, 15) is 9.59 Å². The second kappa shape index (κ2) is 9.16. The third-order valence-corrected chi connectivity index (χ3v) is 6.44. The fourth-order valence-corrected chi connectivity index (χ4v) is 4.76. The van der Waals surface area contributed by atoms with Crippen molar-refractivity contribution in [3.05, 3.63) is 136 Å². The molecule has 0 aliphatic carbocycles. The van der Waals surface area contributed by atoms with Crippen LogP contribution in [0.25, 0.3) is 0 Å². The maximum absolute atomic E-state index is 13.8. The van der Waals surface area contributed by atoms with E-state index in [1.54, 1.807) is 42.5 Å². The van der Waals surface area contributed by atoms with Crippen LogP contribution in [0.4, 0.5) is 0 Å². The largest absolute Gasteiger partial charge is 0.424 e. The highest BCUT2D eigenvalue weighted by atomic mass is 35.5. The van der Waals surface area contributed by atoms with Crippen LogP contribution in [-0.2, 0) is 11.2 Å². The van der Waals surface area contributed by atoms with Crippen LogP contribution < -0.4 is 10.1 Å². The molecule has 0 spiro atoms. The monoisotopic (exact) mass is 467 g/mol. The average molecular weight is 468 g/mol. The van der Waals surface area contributed by atoms with Gasteiger partial charge in [0, 0.05) is 28.5 Å². The molecule has 0 fully saturated rings. The number of carbonyl (C=O) groups is 2. The standard InChI is InChI=1S/C29H22ClNO3/c30-23-17-15-21(16-18-23)26-24-13-7-8-14-25(24)34-28(33)29(26,19-20-9-3-1-4-10-20)31-27(32)22-11-5-2-6-12-22/h1-18,26H,19H2,(H,31,32)/t26-,29-/m0/s1. The second-order valence-electron chi connectivity index (χ2n) is 8.37. The van der Waals surface area contributed by atoms with Crippen molar-refractivity contribution >= 4 is 23.5 Å². The lowest BCUT2D eigenvalue weighted by Gasteiger charge is -2.43. The summed E-state index contributed by atoms with van der Waals surface area (Å²) >= 11 is 6.18. The maximum Gasteiger partial charge on any atom is 0.338 e. The number of hydrogen-bond donors (Lipinski definition) is 1. The van der Waals surface area contributed by atoms with E-state index in [1.165, 1.54) is 0 Å². The Labute approximate surface area is 203 Å². The molecule has 168 valence electrons. The van der Waals surface area contributed by atoms with E-state index in [2.05, 4.69) is 5.32 Å². The van der Waals surface area contributed by atoms with Gasteiger partial charge in [-0.1, -0.05) is 90.5 Å². The van der Waals surface area contributed by atoms with Crippen LogP contribution in [0.5, 0.6) is 5.75 Å². The highest BCUT2D eigenvalue weighted by molar-refractivity contribution is 6.30. The fraction of sp³-hybridized carbons (Fsp3) is 0.103. The number of ether oxygens (including phenoxy) is 1. The maximum atomic E-state index is 13.8. The summed E-state index contributed by atoms with van der Waals surface area (Å²) in [5.74, 6) is -0.841. The summed E-state index contributed by atoms with van der Waals surface area (Å²) < 4.78 is 5.85. The van der Waals surface area contributed by atoms with Crippen molar-refractivity contribution in [1.82, 2.24) is 5.32 Å². The predicted octanol–water partition coefficient (Wildman–Crippen LogP) is 5.80. The summed E-state index contributed by atoms with van der Waals surface area (Å²) in [5, 5.41) is 3.70. The number of fused-ring (bicyclic) bond motifs is 1. The van der Waals surface area contributed by atoms with Gasteiger partial charge in [-0.2, -0.15) is 0 Å². The molecule has 0 radical (unpaired) electrons. The molecule has 0 saturated carbocycles. The minimum absolute atomic E-state index is 0.257. The zero-order valence-corrected chi connectivity index (χ0v) is 19.0. The van der Waals surface area contributed by atoms with Gasteiger partial charge in [-0.3, -0.25) is 4.79 Å². The highest BCUT2D eigenvalue weighted by Gasteiger charge is 2.53. The van der Waals surface area contributed by atoms with Crippen molar-refractivity contribution in [3.63, 3.8) is 0 Å². The number of esters is 1. The minimum Gasteiger partial charge on any atom is -0.424 e. The van der Waals surface area contributed by atoms with E-state index in [1.807, 2.05) is 66.7 Å². The number of para-hydroxylation sites is 1. The average Bonchev–Trinajstić information content (AvgIpc) is 2.87. The molecule has 4 aromatic rings. The van der Waals surface area contributed by atoms with E-state index >= 15 is 0 Å². The normalized spacial score (nSPS) is 19.1. The molecule has 4 nitrogen and oxygen atoms in total. The van der Waals surface area contributed by atoms with Gasteiger partial charge < -0.3 is 10.1 Å². The third kappa shape index (κ3) is 4.09.